The number of nitro groups is 1. The minimum absolute atomic E-state index is 0.0169. The van der Waals surface area contributed by atoms with E-state index in [0.717, 1.165) is 0 Å². The SMILES string of the molecule is O=C(O)CCCCOc1ccc([N+](=O)[O-])cc1. The van der Waals surface area contributed by atoms with E-state index in [0.29, 0.717) is 25.2 Å². The Morgan fingerprint density at radius 3 is 2.47 bits per heavy atom. The summed E-state index contributed by atoms with van der Waals surface area (Å²) in [5, 5.41) is 18.8. The number of ether oxygens (including phenoxy) is 1. The molecule has 1 aromatic carbocycles. The number of carboxylic acids is 1. The Bertz CT molecular complexity index is 387. The van der Waals surface area contributed by atoms with Gasteiger partial charge < -0.3 is 9.84 Å². The number of carboxylic acid groups (broad SMARTS) is 1. The number of hydrogen-bond donors (Lipinski definition) is 1. The van der Waals surface area contributed by atoms with Gasteiger partial charge in [0.15, 0.2) is 0 Å². The summed E-state index contributed by atoms with van der Waals surface area (Å²) in [4.78, 5) is 20.1. The molecule has 0 atom stereocenters. The molecule has 6 heteroatoms. The van der Waals surface area contributed by atoms with E-state index in [-0.39, 0.29) is 12.1 Å². The number of nitro benzene ring substituents is 1. The van der Waals surface area contributed by atoms with Crippen molar-refractivity contribution in [2.45, 2.75) is 19.3 Å². The summed E-state index contributed by atoms with van der Waals surface area (Å²) in [5.41, 5.74) is 0.0169. The molecule has 0 aromatic heterocycles. The molecular weight excluding hydrogens is 226 g/mol. The largest absolute Gasteiger partial charge is 0.494 e. The van der Waals surface area contributed by atoms with Crippen LogP contribution in [0.15, 0.2) is 24.3 Å². The maximum absolute atomic E-state index is 10.4. The predicted octanol–water partition coefficient (Wildman–Crippen LogP) is 2.23. The Balaban J connectivity index is 2.27. The van der Waals surface area contributed by atoms with Crippen LogP contribution in [0.5, 0.6) is 5.75 Å². The lowest BCUT2D eigenvalue weighted by atomic mass is 10.2. The van der Waals surface area contributed by atoms with Crippen molar-refractivity contribution in [2.24, 2.45) is 0 Å². The molecule has 1 rings (SSSR count). The van der Waals surface area contributed by atoms with Crippen LogP contribution in [0.25, 0.3) is 0 Å². The topological polar surface area (TPSA) is 89.7 Å². The third-order valence-electron chi connectivity index (χ3n) is 2.10. The van der Waals surface area contributed by atoms with E-state index >= 15 is 0 Å². The summed E-state index contributed by atoms with van der Waals surface area (Å²) in [7, 11) is 0. The van der Waals surface area contributed by atoms with Gasteiger partial charge in [-0.25, -0.2) is 0 Å². The normalized spacial score (nSPS) is 9.88. The fourth-order valence-corrected chi connectivity index (χ4v) is 1.23. The average molecular weight is 239 g/mol. The van der Waals surface area contributed by atoms with Gasteiger partial charge in [-0.2, -0.15) is 0 Å². The number of non-ortho nitro benzene ring substituents is 1. The third-order valence-corrected chi connectivity index (χ3v) is 2.10. The molecule has 92 valence electrons. The molecule has 1 N–H and O–H groups in total. The summed E-state index contributed by atoms with van der Waals surface area (Å²) in [5.74, 6) is -0.272. The van der Waals surface area contributed by atoms with Crippen molar-refractivity contribution in [3.8, 4) is 5.75 Å². The van der Waals surface area contributed by atoms with Crippen LogP contribution < -0.4 is 4.74 Å². The molecule has 0 aliphatic heterocycles. The fourth-order valence-electron chi connectivity index (χ4n) is 1.23. The van der Waals surface area contributed by atoms with Crippen molar-refractivity contribution in [1.29, 1.82) is 0 Å². The molecule has 0 radical (unpaired) electrons. The monoisotopic (exact) mass is 239 g/mol. The molecule has 0 unspecified atom stereocenters. The number of aliphatic carboxylic acids is 1. The van der Waals surface area contributed by atoms with E-state index < -0.39 is 10.9 Å². The molecule has 0 fully saturated rings. The highest BCUT2D eigenvalue weighted by Gasteiger charge is 2.04. The van der Waals surface area contributed by atoms with Gasteiger partial charge in [-0.15, -0.1) is 0 Å². The van der Waals surface area contributed by atoms with Crippen molar-refractivity contribution in [3.05, 3.63) is 34.4 Å². The zero-order chi connectivity index (χ0) is 12.7. The van der Waals surface area contributed by atoms with Crippen molar-refractivity contribution in [2.75, 3.05) is 6.61 Å². The molecule has 0 bridgehead atoms. The second-order valence-electron chi connectivity index (χ2n) is 3.45. The van der Waals surface area contributed by atoms with E-state index in [1.54, 1.807) is 0 Å². The first-order chi connectivity index (χ1) is 8.09. The maximum atomic E-state index is 10.4. The first kappa shape index (κ1) is 13.0. The molecule has 1 aromatic rings. The summed E-state index contributed by atoms with van der Waals surface area (Å²) < 4.78 is 5.31. The number of rotatable bonds is 7. The fraction of sp³-hybridized carbons (Fsp3) is 0.364. The van der Waals surface area contributed by atoms with Crippen LogP contribution in [0, 0.1) is 10.1 Å². The van der Waals surface area contributed by atoms with Gasteiger partial charge in [0.1, 0.15) is 5.75 Å². The van der Waals surface area contributed by atoms with Crippen LogP contribution in [-0.2, 0) is 4.79 Å². The molecule has 0 heterocycles. The lowest BCUT2D eigenvalue weighted by Gasteiger charge is -2.04. The standard InChI is InChI=1S/C11H13NO5/c13-11(14)3-1-2-8-17-10-6-4-9(5-7-10)12(15)16/h4-7H,1-3,8H2,(H,13,14). The zero-order valence-corrected chi connectivity index (χ0v) is 9.17. The minimum Gasteiger partial charge on any atom is -0.494 e. The molecule has 17 heavy (non-hydrogen) atoms. The van der Waals surface area contributed by atoms with Crippen LogP contribution in [-0.4, -0.2) is 22.6 Å². The molecule has 0 amide bonds. The van der Waals surface area contributed by atoms with Crippen LogP contribution in [0.2, 0.25) is 0 Å². The van der Waals surface area contributed by atoms with Crippen LogP contribution in [0.1, 0.15) is 19.3 Å². The Labute approximate surface area is 98.0 Å². The van der Waals surface area contributed by atoms with Crippen LogP contribution >= 0.6 is 0 Å². The van der Waals surface area contributed by atoms with Gasteiger partial charge in [0, 0.05) is 18.6 Å². The van der Waals surface area contributed by atoms with Crippen LogP contribution in [0.3, 0.4) is 0 Å². The van der Waals surface area contributed by atoms with E-state index in [1.165, 1.54) is 24.3 Å². The molecule has 0 saturated heterocycles. The zero-order valence-electron chi connectivity index (χ0n) is 9.17. The minimum atomic E-state index is -0.819. The molecule has 0 spiro atoms. The number of benzene rings is 1. The predicted molar refractivity (Wildman–Crippen MR) is 60.1 cm³/mol. The van der Waals surface area contributed by atoms with E-state index in [2.05, 4.69) is 0 Å². The van der Waals surface area contributed by atoms with E-state index in [4.69, 9.17) is 9.84 Å². The molecular formula is C11H13NO5. The van der Waals surface area contributed by atoms with Gasteiger partial charge in [-0.1, -0.05) is 0 Å². The Morgan fingerprint density at radius 1 is 1.29 bits per heavy atom. The highest BCUT2D eigenvalue weighted by Crippen LogP contribution is 2.17. The first-order valence-electron chi connectivity index (χ1n) is 5.18. The number of hydrogen-bond acceptors (Lipinski definition) is 4. The van der Waals surface area contributed by atoms with Gasteiger partial charge in [0.05, 0.1) is 11.5 Å². The number of carbonyl (C=O) groups is 1. The number of unbranched alkanes of at least 4 members (excludes halogenated alkanes) is 1. The summed E-state index contributed by atoms with van der Waals surface area (Å²) in [6, 6.07) is 5.78. The number of nitrogens with zero attached hydrogens (tertiary/aromatic N) is 1. The van der Waals surface area contributed by atoms with Crippen molar-refractivity contribution in [1.82, 2.24) is 0 Å². The Hall–Kier alpha value is -2.11. The Morgan fingerprint density at radius 2 is 1.94 bits per heavy atom. The summed E-state index contributed by atoms with van der Waals surface area (Å²) in [6.07, 6.45) is 1.33. The van der Waals surface area contributed by atoms with Crippen molar-refractivity contribution in [3.63, 3.8) is 0 Å². The molecule has 6 nitrogen and oxygen atoms in total. The lowest BCUT2D eigenvalue weighted by molar-refractivity contribution is -0.384. The first-order valence-corrected chi connectivity index (χ1v) is 5.18. The second-order valence-corrected chi connectivity index (χ2v) is 3.45. The summed E-state index contributed by atoms with van der Waals surface area (Å²) in [6.45, 7) is 0.408. The lowest BCUT2D eigenvalue weighted by Crippen LogP contribution is -2.00. The quantitative estimate of drug-likeness (QED) is 0.447. The Kier molecular flexibility index (Phi) is 4.93. The highest BCUT2D eigenvalue weighted by atomic mass is 16.6. The van der Waals surface area contributed by atoms with Gasteiger partial charge in [0.2, 0.25) is 0 Å². The highest BCUT2D eigenvalue weighted by molar-refractivity contribution is 5.66. The van der Waals surface area contributed by atoms with Crippen molar-refractivity contribution >= 4 is 11.7 Å². The van der Waals surface area contributed by atoms with Crippen molar-refractivity contribution < 1.29 is 19.6 Å². The van der Waals surface area contributed by atoms with Crippen LogP contribution in [0.4, 0.5) is 5.69 Å². The van der Waals surface area contributed by atoms with Gasteiger partial charge >= 0.3 is 5.97 Å². The molecule has 0 aliphatic carbocycles. The van der Waals surface area contributed by atoms with E-state index in [9.17, 15) is 14.9 Å². The van der Waals surface area contributed by atoms with E-state index in [1.807, 2.05) is 0 Å². The summed E-state index contributed by atoms with van der Waals surface area (Å²) >= 11 is 0. The smallest absolute Gasteiger partial charge is 0.303 e. The van der Waals surface area contributed by atoms with Gasteiger partial charge in [0.25, 0.3) is 5.69 Å². The molecule has 0 saturated carbocycles. The second kappa shape index (κ2) is 6.47. The van der Waals surface area contributed by atoms with Gasteiger partial charge in [-0.05, 0) is 25.0 Å². The average Bonchev–Trinajstić information content (AvgIpc) is 2.29. The maximum Gasteiger partial charge on any atom is 0.303 e. The molecule has 0 aliphatic rings. The van der Waals surface area contributed by atoms with Gasteiger partial charge in [-0.3, -0.25) is 14.9 Å². The third kappa shape index (κ3) is 4.96.